The van der Waals surface area contributed by atoms with Gasteiger partial charge in [0.15, 0.2) is 0 Å². The quantitative estimate of drug-likeness (QED) is 0.363. The highest BCUT2D eigenvalue weighted by atomic mass is 16.8. The summed E-state index contributed by atoms with van der Waals surface area (Å²) in [4.78, 5) is 41.8. The van der Waals surface area contributed by atoms with Gasteiger partial charge in [0.05, 0.1) is 6.54 Å². The molecule has 0 aliphatic rings. The third-order valence-electron chi connectivity index (χ3n) is 4.66. The van der Waals surface area contributed by atoms with Gasteiger partial charge in [0, 0.05) is 0 Å². The molecule has 35 heavy (non-hydrogen) atoms. The Labute approximate surface area is 203 Å². The first-order chi connectivity index (χ1) is 16.7. The second kappa shape index (κ2) is 11.8. The third-order valence-corrected chi connectivity index (χ3v) is 4.66. The highest BCUT2D eigenvalue weighted by molar-refractivity contribution is 5.83. The van der Waals surface area contributed by atoms with E-state index in [1.165, 1.54) is 0 Å². The average Bonchev–Trinajstić information content (AvgIpc) is 2.83. The molecule has 9 nitrogen and oxygen atoms in total. The molecule has 0 heterocycles. The predicted molar refractivity (Wildman–Crippen MR) is 130 cm³/mol. The van der Waals surface area contributed by atoms with E-state index in [4.69, 9.17) is 14.3 Å². The Morgan fingerprint density at radius 3 is 2.26 bits per heavy atom. The van der Waals surface area contributed by atoms with Crippen molar-refractivity contribution in [3.05, 3.63) is 83.9 Å². The van der Waals surface area contributed by atoms with Crippen LogP contribution in [0.25, 0.3) is 10.8 Å². The van der Waals surface area contributed by atoms with Gasteiger partial charge in [-0.25, -0.2) is 14.6 Å². The van der Waals surface area contributed by atoms with Crippen LogP contribution in [0.4, 0.5) is 9.59 Å². The fraction of sp³-hybridized carbons (Fsp3) is 0.269. The Morgan fingerprint density at radius 2 is 1.54 bits per heavy atom. The van der Waals surface area contributed by atoms with E-state index in [0.29, 0.717) is 0 Å². The maximum atomic E-state index is 12.8. The molecule has 0 fully saturated rings. The first kappa shape index (κ1) is 25.5. The van der Waals surface area contributed by atoms with Gasteiger partial charge in [0.2, 0.25) is 0 Å². The fourth-order valence-corrected chi connectivity index (χ4v) is 3.06. The molecule has 9 heteroatoms. The van der Waals surface area contributed by atoms with E-state index < -0.39 is 23.8 Å². The van der Waals surface area contributed by atoms with E-state index in [-0.39, 0.29) is 19.7 Å². The van der Waals surface area contributed by atoms with Crippen molar-refractivity contribution in [3.8, 4) is 0 Å². The number of nitrogens with one attached hydrogen (secondary N) is 2. The lowest BCUT2D eigenvalue weighted by molar-refractivity contribution is -0.143. The number of benzene rings is 3. The van der Waals surface area contributed by atoms with Crippen molar-refractivity contribution in [2.45, 2.75) is 39.5 Å². The van der Waals surface area contributed by atoms with Crippen molar-refractivity contribution < 1.29 is 28.7 Å². The highest BCUT2D eigenvalue weighted by Crippen LogP contribution is 2.17. The number of fused-ring (bicyclic) bond motifs is 1. The zero-order valence-corrected chi connectivity index (χ0v) is 19.9. The molecule has 2 amide bonds. The number of hydrogen-bond acceptors (Lipinski definition) is 7. The zero-order chi connectivity index (χ0) is 25.3. The Bertz CT molecular complexity index is 1160. The van der Waals surface area contributed by atoms with Gasteiger partial charge in [-0.1, -0.05) is 72.3 Å². The van der Waals surface area contributed by atoms with E-state index in [1.54, 1.807) is 20.8 Å². The van der Waals surface area contributed by atoms with Gasteiger partial charge in [-0.3, -0.25) is 4.79 Å². The van der Waals surface area contributed by atoms with Crippen molar-refractivity contribution >= 4 is 28.9 Å². The summed E-state index contributed by atoms with van der Waals surface area (Å²) in [6, 6.07) is 22.0. The summed E-state index contributed by atoms with van der Waals surface area (Å²) in [5, 5.41) is 5.53. The molecule has 2 N–H and O–H groups in total. The van der Waals surface area contributed by atoms with Crippen LogP contribution in [0.3, 0.4) is 0 Å². The number of hydrogen-bond donors (Lipinski definition) is 2. The standard InChI is InChI=1S/C26H29N3O6/c1-26(2,3)34-25(32)35-28-29(17-20-13-14-21-11-7-8-12-22(21)15-20)24(31)27-16-23(30)33-18-19-9-5-4-6-10-19/h4-15,28H,16-18H2,1-3H3,(H,27,31). The zero-order valence-electron chi connectivity index (χ0n) is 19.9. The van der Waals surface area contributed by atoms with Crippen molar-refractivity contribution in [2.75, 3.05) is 6.54 Å². The number of rotatable bonds is 8. The van der Waals surface area contributed by atoms with Crippen molar-refractivity contribution in [2.24, 2.45) is 0 Å². The van der Waals surface area contributed by atoms with E-state index >= 15 is 0 Å². The van der Waals surface area contributed by atoms with E-state index in [0.717, 1.165) is 26.9 Å². The van der Waals surface area contributed by atoms with Gasteiger partial charge in [0.25, 0.3) is 0 Å². The monoisotopic (exact) mass is 479 g/mol. The van der Waals surface area contributed by atoms with Crippen LogP contribution in [-0.4, -0.2) is 35.3 Å². The summed E-state index contributed by atoms with van der Waals surface area (Å²) in [5.74, 6) is -0.610. The lowest BCUT2D eigenvalue weighted by Gasteiger charge is -2.24. The molecule has 0 unspecified atom stereocenters. The van der Waals surface area contributed by atoms with Crippen molar-refractivity contribution in [3.63, 3.8) is 0 Å². The van der Waals surface area contributed by atoms with Crippen LogP contribution in [0, 0.1) is 0 Å². The van der Waals surface area contributed by atoms with Gasteiger partial charge in [-0.05, 0) is 48.7 Å². The molecule has 0 atom stereocenters. The molecule has 0 aromatic heterocycles. The first-order valence-electron chi connectivity index (χ1n) is 11.1. The molecule has 3 aromatic carbocycles. The fourth-order valence-electron chi connectivity index (χ4n) is 3.06. The lowest BCUT2D eigenvalue weighted by Crippen LogP contribution is -2.50. The number of carbonyl (C=O) groups is 3. The molecule has 0 saturated carbocycles. The lowest BCUT2D eigenvalue weighted by atomic mass is 10.1. The van der Waals surface area contributed by atoms with E-state index in [2.05, 4.69) is 10.9 Å². The Kier molecular flexibility index (Phi) is 8.63. The van der Waals surface area contributed by atoms with Crippen LogP contribution in [0.15, 0.2) is 72.8 Å². The summed E-state index contributed by atoms with van der Waals surface area (Å²) in [5.41, 5.74) is 3.14. The molecule has 3 aromatic rings. The number of esters is 1. The second-order valence-electron chi connectivity index (χ2n) is 8.73. The Hall–Kier alpha value is -4.11. The number of carbonyl (C=O) groups excluding carboxylic acids is 3. The molecule has 0 aliphatic carbocycles. The number of amides is 2. The van der Waals surface area contributed by atoms with Gasteiger partial charge in [0.1, 0.15) is 18.8 Å². The van der Waals surface area contributed by atoms with Crippen molar-refractivity contribution in [1.29, 1.82) is 0 Å². The summed E-state index contributed by atoms with van der Waals surface area (Å²) >= 11 is 0. The summed E-state index contributed by atoms with van der Waals surface area (Å²) in [6.45, 7) is 4.83. The minimum Gasteiger partial charge on any atom is -0.460 e. The Balaban J connectivity index is 1.61. The number of ether oxygens (including phenoxy) is 2. The number of urea groups is 1. The van der Waals surface area contributed by atoms with Gasteiger partial charge < -0.3 is 19.6 Å². The molecule has 0 aliphatic heterocycles. The van der Waals surface area contributed by atoms with Gasteiger partial charge >= 0.3 is 18.2 Å². The minimum absolute atomic E-state index is 0.0402. The summed E-state index contributed by atoms with van der Waals surface area (Å²) in [7, 11) is 0. The minimum atomic E-state index is -1.00. The molecule has 0 radical (unpaired) electrons. The molecule has 0 spiro atoms. The van der Waals surface area contributed by atoms with E-state index in [1.807, 2.05) is 72.8 Å². The van der Waals surface area contributed by atoms with E-state index in [9.17, 15) is 14.4 Å². The number of hydrazine groups is 1. The van der Waals surface area contributed by atoms with Crippen LogP contribution in [0.2, 0.25) is 0 Å². The maximum absolute atomic E-state index is 12.8. The third kappa shape index (κ3) is 8.63. The highest BCUT2D eigenvalue weighted by Gasteiger charge is 2.21. The van der Waals surface area contributed by atoms with Gasteiger partial charge in [-0.2, -0.15) is 0 Å². The Morgan fingerprint density at radius 1 is 0.857 bits per heavy atom. The normalized spacial score (nSPS) is 10.9. The van der Waals surface area contributed by atoms with Crippen LogP contribution < -0.4 is 10.9 Å². The van der Waals surface area contributed by atoms with Crippen LogP contribution in [0.1, 0.15) is 31.9 Å². The van der Waals surface area contributed by atoms with Crippen LogP contribution in [0.5, 0.6) is 0 Å². The molecule has 0 bridgehead atoms. The van der Waals surface area contributed by atoms with Crippen molar-refractivity contribution in [1.82, 2.24) is 15.9 Å². The van der Waals surface area contributed by atoms with Gasteiger partial charge in [-0.15, -0.1) is 0 Å². The molecule has 0 saturated heterocycles. The largest absolute Gasteiger partial charge is 0.529 e. The van der Waals surface area contributed by atoms with Crippen LogP contribution >= 0.6 is 0 Å². The summed E-state index contributed by atoms with van der Waals surface area (Å²) in [6.07, 6.45) is -1.00. The smallest absolute Gasteiger partial charge is 0.460 e. The predicted octanol–water partition coefficient (Wildman–Crippen LogP) is 4.47. The average molecular weight is 480 g/mol. The molecule has 184 valence electrons. The topological polar surface area (TPSA) is 106 Å². The maximum Gasteiger partial charge on any atom is 0.529 e. The number of nitrogens with zero attached hydrogens (tertiary/aromatic N) is 1. The summed E-state index contributed by atoms with van der Waals surface area (Å²) < 4.78 is 10.3. The van der Waals surface area contributed by atoms with Crippen LogP contribution in [-0.2, 0) is 32.3 Å². The SMILES string of the molecule is CC(C)(C)OC(=O)ONN(Cc1ccc2ccccc2c1)C(=O)NCC(=O)OCc1ccccc1. The molecular weight excluding hydrogens is 450 g/mol. The molecular formula is C26H29N3O6. The second-order valence-corrected chi connectivity index (χ2v) is 8.73. The first-order valence-corrected chi connectivity index (χ1v) is 11.1. The molecule has 3 rings (SSSR count).